The fourth-order valence-electron chi connectivity index (χ4n) is 2.62. The second-order valence-electron chi connectivity index (χ2n) is 5.17. The van der Waals surface area contributed by atoms with E-state index in [4.69, 9.17) is 9.47 Å². The third-order valence-corrected chi connectivity index (χ3v) is 3.67. The Labute approximate surface area is 107 Å². The molecule has 2 aliphatic heterocycles. The Morgan fingerprint density at radius 1 is 1.56 bits per heavy atom. The highest BCUT2D eigenvalue weighted by Crippen LogP contribution is 2.40. The average molecular weight is 253 g/mol. The molecule has 0 aliphatic carbocycles. The number of carbonyl (C=O) groups is 2. The number of amides is 1. The van der Waals surface area contributed by atoms with Crippen molar-refractivity contribution in [2.75, 3.05) is 6.61 Å². The maximum absolute atomic E-state index is 12.0. The number of fused-ring (bicyclic) bond motifs is 1. The van der Waals surface area contributed by atoms with Crippen LogP contribution >= 0.6 is 0 Å². The number of hydrogen-bond donors (Lipinski definition) is 0. The topological polar surface area (TPSA) is 55.8 Å². The smallest absolute Gasteiger partial charge is 0.411 e. The van der Waals surface area contributed by atoms with Crippen LogP contribution in [0.4, 0.5) is 4.79 Å². The highest BCUT2D eigenvalue weighted by molar-refractivity contribution is 5.83. The van der Waals surface area contributed by atoms with Crippen molar-refractivity contribution in [3.63, 3.8) is 0 Å². The molecule has 0 saturated carbocycles. The number of cyclic esters (lactones) is 1. The van der Waals surface area contributed by atoms with Gasteiger partial charge >= 0.3 is 12.1 Å². The van der Waals surface area contributed by atoms with Crippen LogP contribution in [0.15, 0.2) is 12.2 Å². The summed E-state index contributed by atoms with van der Waals surface area (Å²) in [5.74, 6) is -0.357. The van der Waals surface area contributed by atoms with Crippen molar-refractivity contribution in [3.8, 4) is 0 Å². The minimum atomic E-state index is -0.665. The van der Waals surface area contributed by atoms with Gasteiger partial charge in [-0.05, 0) is 39.2 Å². The highest BCUT2D eigenvalue weighted by atomic mass is 16.6. The van der Waals surface area contributed by atoms with Crippen LogP contribution in [0.25, 0.3) is 0 Å². The van der Waals surface area contributed by atoms with Crippen LogP contribution in [-0.2, 0) is 14.3 Å². The number of carbonyl (C=O) groups excluding carboxylic acids is 2. The van der Waals surface area contributed by atoms with Gasteiger partial charge in [-0.2, -0.15) is 0 Å². The third-order valence-electron chi connectivity index (χ3n) is 3.67. The summed E-state index contributed by atoms with van der Waals surface area (Å²) in [5, 5.41) is 0. The Balaban J connectivity index is 2.22. The lowest BCUT2D eigenvalue weighted by Crippen LogP contribution is -2.55. The Morgan fingerprint density at radius 2 is 2.22 bits per heavy atom. The quantitative estimate of drug-likeness (QED) is 0.557. The van der Waals surface area contributed by atoms with Crippen LogP contribution < -0.4 is 0 Å². The van der Waals surface area contributed by atoms with Gasteiger partial charge in [-0.1, -0.05) is 6.58 Å². The molecule has 0 aromatic rings. The van der Waals surface area contributed by atoms with Crippen molar-refractivity contribution in [2.24, 2.45) is 0 Å². The molecule has 0 aromatic carbocycles. The molecule has 0 aromatic heterocycles. The molecule has 2 fully saturated rings. The standard InChI is InChI=1S/C13H19NO4/c1-5-17-11(15)10-7-6-9-8(2)13(3,4)18-12(16)14(9)10/h9-10H,2,5-7H2,1,3-4H3/t9?,10-/m0/s1. The number of hydrogen-bond acceptors (Lipinski definition) is 4. The predicted octanol–water partition coefficient (Wildman–Crippen LogP) is 1.87. The molecule has 0 spiro atoms. The highest BCUT2D eigenvalue weighted by Gasteiger charge is 2.51. The van der Waals surface area contributed by atoms with E-state index >= 15 is 0 Å². The maximum Gasteiger partial charge on any atom is 0.411 e. The monoisotopic (exact) mass is 253 g/mol. The predicted molar refractivity (Wildman–Crippen MR) is 65.0 cm³/mol. The molecule has 0 bridgehead atoms. The molecule has 2 heterocycles. The molecular formula is C13H19NO4. The van der Waals surface area contributed by atoms with Crippen molar-refractivity contribution >= 4 is 12.1 Å². The zero-order valence-corrected chi connectivity index (χ0v) is 11.1. The summed E-state index contributed by atoms with van der Waals surface area (Å²) in [6, 6.07) is -0.647. The number of ether oxygens (including phenoxy) is 2. The van der Waals surface area contributed by atoms with Gasteiger partial charge in [-0.15, -0.1) is 0 Å². The van der Waals surface area contributed by atoms with Crippen LogP contribution in [0.5, 0.6) is 0 Å². The average Bonchev–Trinajstić information content (AvgIpc) is 2.70. The minimum Gasteiger partial charge on any atom is -0.464 e. The molecule has 1 amide bonds. The molecule has 0 N–H and O–H groups in total. The van der Waals surface area contributed by atoms with E-state index in [-0.39, 0.29) is 12.0 Å². The molecule has 2 rings (SSSR count). The SMILES string of the molecule is C=C1C2CC[C@@H](C(=O)OCC)N2C(=O)OC1(C)C. The summed E-state index contributed by atoms with van der Waals surface area (Å²) >= 11 is 0. The van der Waals surface area contributed by atoms with Crippen LogP contribution in [0.2, 0.25) is 0 Å². The lowest BCUT2D eigenvalue weighted by Gasteiger charge is -2.42. The Kier molecular flexibility index (Phi) is 3.09. The first kappa shape index (κ1) is 12.9. The van der Waals surface area contributed by atoms with Gasteiger partial charge in [0.15, 0.2) is 0 Å². The van der Waals surface area contributed by atoms with Crippen LogP contribution in [-0.4, -0.2) is 41.3 Å². The van der Waals surface area contributed by atoms with Crippen molar-refractivity contribution in [2.45, 2.75) is 51.3 Å². The Bertz CT molecular complexity index is 402. The van der Waals surface area contributed by atoms with Crippen LogP contribution in [0.3, 0.4) is 0 Å². The molecule has 1 unspecified atom stereocenters. The van der Waals surface area contributed by atoms with Gasteiger partial charge in [0.25, 0.3) is 0 Å². The van der Waals surface area contributed by atoms with E-state index in [0.717, 1.165) is 12.0 Å². The molecule has 0 radical (unpaired) electrons. The molecule has 18 heavy (non-hydrogen) atoms. The van der Waals surface area contributed by atoms with Gasteiger partial charge in [-0.25, -0.2) is 9.59 Å². The first-order valence-corrected chi connectivity index (χ1v) is 6.25. The van der Waals surface area contributed by atoms with E-state index in [1.807, 2.05) is 13.8 Å². The van der Waals surface area contributed by atoms with E-state index in [9.17, 15) is 9.59 Å². The molecule has 2 saturated heterocycles. The van der Waals surface area contributed by atoms with E-state index < -0.39 is 17.7 Å². The zero-order chi connectivity index (χ0) is 13.5. The lowest BCUT2D eigenvalue weighted by molar-refractivity contribution is -0.149. The fraction of sp³-hybridized carbons (Fsp3) is 0.692. The number of rotatable bonds is 2. The van der Waals surface area contributed by atoms with Gasteiger partial charge in [0.2, 0.25) is 0 Å². The summed E-state index contributed by atoms with van der Waals surface area (Å²) < 4.78 is 10.3. The summed E-state index contributed by atoms with van der Waals surface area (Å²) in [7, 11) is 0. The first-order valence-electron chi connectivity index (χ1n) is 6.25. The maximum atomic E-state index is 12.0. The molecular weight excluding hydrogens is 234 g/mol. The zero-order valence-electron chi connectivity index (χ0n) is 11.1. The van der Waals surface area contributed by atoms with E-state index in [2.05, 4.69) is 6.58 Å². The van der Waals surface area contributed by atoms with Crippen molar-refractivity contribution < 1.29 is 19.1 Å². The van der Waals surface area contributed by atoms with Crippen molar-refractivity contribution in [3.05, 3.63) is 12.2 Å². The van der Waals surface area contributed by atoms with Crippen molar-refractivity contribution in [1.29, 1.82) is 0 Å². The summed E-state index contributed by atoms with van der Waals surface area (Å²) in [5.41, 5.74) is 0.177. The van der Waals surface area contributed by atoms with E-state index in [1.165, 1.54) is 4.90 Å². The first-order chi connectivity index (χ1) is 8.38. The van der Waals surface area contributed by atoms with Gasteiger partial charge in [0.05, 0.1) is 12.6 Å². The minimum absolute atomic E-state index is 0.115. The second kappa shape index (κ2) is 4.30. The van der Waals surface area contributed by atoms with E-state index in [1.54, 1.807) is 6.92 Å². The van der Waals surface area contributed by atoms with Gasteiger partial charge in [0, 0.05) is 0 Å². The summed E-state index contributed by atoms with van der Waals surface area (Å²) in [6.45, 7) is 9.72. The van der Waals surface area contributed by atoms with Gasteiger partial charge in [-0.3, -0.25) is 4.90 Å². The molecule has 2 aliphatic rings. The van der Waals surface area contributed by atoms with E-state index in [0.29, 0.717) is 13.0 Å². The molecule has 2 atom stereocenters. The summed E-state index contributed by atoms with van der Waals surface area (Å²) in [6.07, 6.45) is 0.891. The Morgan fingerprint density at radius 3 is 2.83 bits per heavy atom. The van der Waals surface area contributed by atoms with Crippen LogP contribution in [0, 0.1) is 0 Å². The summed E-state index contributed by atoms with van der Waals surface area (Å²) in [4.78, 5) is 25.3. The number of esters is 1. The van der Waals surface area contributed by atoms with Crippen LogP contribution in [0.1, 0.15) is 33.6 Å². The normalized spacial score (nSPS) is 29.8. The molecule has 100 valence electrons. The second-order valence-corrected chi connectivity index (χ2v) is 5.17. The van der Waals surface area contributed by atoms with Gasteiger partial charge < -0.3 is 9.47 Å². The lowest BCUT2D eigenvalue weighted by atomic mass is 9.90. The Hall–Kier alpha value is -1.52. The number of nitrogens with zero attached hydrogens (tertiary/aromatic N) is 1. The van der Waals surface area contributed by atoms with Crippen molar-refractivity contribution in [1.82, 2.24) is 4.90 Å². The fourth-order valence-corrected chi connectivity index (χ4v) is 2.62. The molecule has 5 nitrogen and oxygen atoms in total. The largest absolute Gasteiger partial charge is 0.464 e. The molecule has 5 heteroatoms. The third kappa shape index (κ3) is 1.87. The van der Waals surface area contributed by atoms with Gasteiger partial charge in [0.1, 0.15) is 11.6 Å².